The number of hydrogen-bond donors (Lipinski definition) is 1. The molecule has 0 amide bonds. The van der Waals surface area contributed by atoms with Crippen LogP contribution in [0.2, 0.25) is 0 Å². The Morgan fingerprint density at radius 3 is 2.25 bits per heavy atom. The van der Waals surface area contributed by atoms with Gasteiger partial charge in [-0.05, 0) is 43.9 Å². The lowest BCUT2D eigenvalue weighted by Crippen LogP contribution is -2.46. The predicted octanol–water partition coefficient (Wildman–Crippen LogP) is 4.12. The van der Waals surface area contributed by atoms with Gasteiger partial charge in [0.1, 0.15) is 0 Å². The van der Waals surface area contributed by atoms with E-state index in [1.165, 1.54) is 51.4 Å². The zero-order chi connectivity index (χ0) is 11.6. The van der Waals surface area contributed by atoms with Crippen molar-refractivity contribution in [3.63, 3.8) is 0 Å². The van der Waals surface area contributed by atoms with Crippen molar-refractivity contribution in [2.45, 2.75) is 84.2 Å². The molecule has 0 heterocycles. The molecule has 0 aromatic rings. The van der Waals surface area contributed by atoms with Gasteiger partial charge in [-0.25, -0.2) is 0 Å². The van der Waals surface area contributed by atoms with E-state index in [2.05, 4.69) is 26.1 Å². The van der Waals surface area contributed by atoms with Crippen LogP contribution in [-0.2, 0) is 0 Å². The van der Waals surface area contributed by atoms with Gasteiger partial charge >= 0.3 is 0 Å². The molecule has 2 atom stereocenters. The molecule has 0 aromatic heterocycles. The molecule has 0 spiro atoms. The van der Waals surface area contributed by atoms with Crippen molar-refractivity contribution in [3.8, 4) is 0 Å². The Morgan fingerprint density at radius 1 is 1.00 bits per heavy atom. The topological polar surface area (TPSA) is 12.0 Å². The molecule has 1 nitrogen and oxygen atoms in total. The quantitative estimate of drug-likeness (QED) is 0.759. The van der Waals surface area contributed by atoms with Crippen molar-refractivity contribution in [1.82, 2.24) is 5.32 Å². The highest BCUT2D eigenvalue weighted by Crippen LogP contribution is 2.38. The van der Waals surface area contributed by atoms with Crippen molar-refractivity contribution < 1.29 is 0 Å². The van der Waals surface area contributed by atoms with Crippen molar-refractivity contribution in [2.75, 3.05) is 0 Å². The lowest BCUT2D eigenvalue weighted by atomic mass is 9.82. The molecule has 0 aliphatic heterocycles. The molecule has 1 heteroatoms. The monoisotopic (exact) mass is 223 g/mol. The zero-order valence-electron chi connectivity index (χ0n) is 11.4. The summed E-state index contributed by atoms with van der Waals surface area (Å²) in [6.07, 6.45) is 11.5. The van der Waals surface area contributed by atoms with Gasteiger partial charge in [0.2, 0.25) is 0 Å². The number of nitrogens with one attached hydrogen (secondary N) is 1. The summed E-state index contributed by atoms with van der Waals surface area (Å²) >= 11 is 0. The molecule has 94 valence electrons. The van der Waals surface area contributed by atoms with E-state index in [4.69, 9.17) is 0 Å². The summed E-state index contributed by atoms with van der Waals surface area (Å²) in [6, 6.07) is 1.51. The maximum absolute atomic E-state index is 3.94. The van der Waals surface area contributed by atoms with Crippen LogP contribution >= 0.6 is 0 Å². The third-order valence-corrected chi connectivity index (χ3v) is 5.08. The fraction of sp³-hybridized carbons (Fsp3) is 1.00. The summed E-state index contributed by atoms with van der Waals surface area (Å²) in [7, 11) is 0. The fourth-order valence-electron chi connectivity index (χ4n) is 3.72. The van der Waals surface area contributed by atoms with Crippen LogP contribution in [0.15, 0.2) is 0 Å². The molecular formula is C15H29N. The van der Waals surface area contributed by atoms with Gasteiger partial charge in [0, 0.05) is 12.1 Å². The van der Waals surface area contributed by atoms with Gasteiger partial charge in [0.25, 0.3) is 0 Å². The second-order valence-electron chi connectivity index (χ2n) is 6.79. The van der Waals surface area contributed by atoms with Gasteiger partial charge in [0.05, 0.1) is 0 Å². The Balaban J connectivity index is 1.84. The molecule has 2 saturated carbocycles. The van der Waals surface area contributed by atoms with Crippen LogP contribution in [0.5, 0.6) is 0 Å². The first-order valence-corrected chi connectivity index (χ1v) is 7.36. The van der Waals surface area contributed by atoms with Gasteiger partial charge in [-0.3, -0.25) is 0 Å². The summed E-state index contributed by atoms with van der Waals surface area (Å²) in [6.45, 7) is 7.29. The summed E-state index contributed by atoms with van der Waals surface area (Å²) in [5, 5.41) is 3.94. The number of rotatable bonds is 3. The normalized spacial score (nSPS) is 32.8. The minimum absolute atomic E-state index is 0.531. The lowest BCUT2D eigenvalue weighted by Gasteiger charge is -2.35. The highest BCUT2D eigenvalue weighted by molar-refractivity contribution is 4.92. The van der Waals surface area contributed by atoms with Crippen LogP contribution in [0.4, 0.5) is 0 Å². The second kappa shape index (κ2) is 5.08. The van der Waals surface area contributed by atoms with E-state index in [9.17, 15) is 0 Å². The molecule has 2 fully saturated rings. The number of hydrogen-bond acceptors (Lipinski definition) is 1. The molecule has 16 heavy (non-hydrogen) atoms. The van der Waals surface area contributed by atoms with E-state index in [1.807, 2.05) is 0 Å². The van der Waals surface area contributed by atoms with E-state index in [1.54, 1.807) is 0 Å². The van der Waals surface area contributed by atoms with Crippen molar-refractivity contribution in [1.29, 1.82) is 0 Å². The molecule has 1 unspecified atom stereocenters. The van der Waals surface area contributed by atoms with E-state index in [0.29, 0.717) is 5.41 Å². The molecule has 2 rings (SSSR count). The fourth-order valence-corrected chi connectivity index (χ4v) is 3.72. The van der Waals surface area contributed by atoms with Gasteiger partial charge in [-0.15, -0.1) is 0 Å². The predicted molar refractivity (Wildman–Crippen MR) is 70.6 cm³/mol. The zero-order valence-corrected chi connectivity index (χ0v) is 11.4. The van der Waals surface area contributed by atoms with Crippen LogP contribution in [0.3, 0.4) is 0 Å². The Bertz CT molecular complexity index is 215. The van der Waals surface area contributed by atoms with Gasteiger partial charge in [-0.1, -0.05) is 39.5 Å². The molecule has 2 aliphatic rings. The van der Waals surface area contributed by atoms with Gasteiger partial charge < -0.3 is 5.32 Å². The first-order valence-electron chi connectivity index (χ1n) is 7.36. The molecule has 2 aliphatic carbocycles. The van der Waals surface area contributed by atoms with Crippen LogP contribution in [-0.4, -0.2) is 12.1 Å². The maximum Gasteiger partial charge on any atom is 0.0121 e. The van der Waals surface area contributed by atoms with Gasteiger partial charge in [-0.2, -0.15) is 0 Å². The smallest absolute Gasteiger partial charge is 0.0121 e. The Labute approximate surface area is 101 Å². The van der Waals surface area contributed by atoms with Crippen LogP contribution < -0.4 is 5.32 Å². The van der Waals surface area contributed by atoms with Crippen LogP contribution in [0.25, 0.3) is 0 Å². The second-order valence-corrected chi connectivity index (χ2v) is 6.79. The summed E-state index contributed by atoms with van der Waals surface area (Å²) in [4.78, 5) is 0. The van der Waals surface area contributed by atoms with E-state index in [-0.39, 0.29) is 0 Å². The third-order valence-electron chi connectivity index (χ3n) is 5.08. The Hall–Kier alpha value is -0.0400. The Kier molecular flexibility index (Phi) is 3.94. The van der Waals surface area contributed by atoms with Crippen LogP contribution in [0, 0.1) is 11.3 Å². The standard InChI is InChI=1S/C15H29N/c1-12(13-8-5-4-6-9-13)16-14-10-7-11-15(14,2)3/h12-14,16H,4-11H2,1-3H3/t12-,14?/m1/s1. The molecule has 1 N–H and O–H groups in total. The maximum atomic E-state index is 3.94. The highest BCUT2D eigenvalue weighted by Gasteiger charge is 2.35. The molecule has 0 radical (unpaired) electrons. The SMILES string of the molecule is C[C@@H](NC1CCCC1(C)C)C1CCCCC1. The summed E-state index contributed by atoms with van der Waals surface area (Å²) < 4.78 is 0. The first-order chi connectivity index (χ1) is 7.59. The van der Waals surface area contributed by atoms with Crippen molar-refractivity contribution in [3.05, 3.63) is 0 Å². The van der Waals surface area contributed by atoms with Crippen molar-refractivity contribution in [2.24, 2.45) is 11.3 Å². The summed E-state index contributed by atoms with van der Waals surface area (Å²) in [5.41, 5.74) is 0.531. The highest BCUT2D eigenvalue weighted by atomic mass is 15.0. The average Bonchev–Trinajstić information content (AvgIpc) is 2.59. The minimum Gasteiger partial charge on any atom is -0.311 e. The van der Waals surface area contributed by atoms with E-state index in [0.717, 1.165) is 18.0 Å². The average molecular weight is 223 g/mol. The van der Waals surface area contributed by atoms with Crippen molar-refractivity contribution >= 4 is 0 Å². The molecule has 0 aromatic carbocycles. The molecular weight excluding hydrogens is 194 g/mol. The van der Waals surface area contributed by atoms with E-state index >= 15 is 0 Å². The van der Waals surface area contributed by atoms with E-state index < -0.39 is 0 Å². The molecule has 0 saturated heterocycles. The van der Waals surface area contributed by atoms with Gasteiger partial charge in [0.15, 0.2) is 0 Å². The Morgan fingerprint density at radius 2 is 1.69 bits per heavy atom. The first kappa shape index (κ1) is 12.4. The summed E-state index contributed by atoms with van der Waals surface area (Å²) in [5.74, 6) is 0.949. The van der Waals surface area contributed by atoms with Crippen LogP contribution in [0.1, 0.15) is 72.1 Å². The largest absolute Gasteiger partial charge is 0.311 e. The lowest BCUT2D eigenvalue weighted by molar-refractivity contribution is 0.211. The minimum atomic E-state index is 0.531. The molecule has 0 bridgehead atoms. The third kappa shape index (κ3) is 2.80.